The molecule has 1 saturated heterocycles. The molecule has 1 amide bonds. The number of nitrogens with one attached hydrogen (secondary N) is 2. The van der Waals surface area contributed by atoms with E-state index in [-0.39, 0.29) is 5.91 Å². The summed E-state index contributed by atoms with van der Waals surface area (Å²) in [5.74, 6) is -0.188. The Morgan fingerprint density at radius 2 is 1.77 bits per heavy atom. The van der Waals surface area contributed by atoms with Gasteiger partial charge in [-0.15, -0.1) is 5.10 Å². The van der Waals surface area contributed by atoms with E-state index in [0.29, 0.717) is 17.9 Å². The van der Waals surface area contributed by atoms with Crippen molar-refractivity contribution in [2.24, 2.45) is 0 Å². The minimum atomic E-state index is -0.188. The molecule has 0 bridgehead atoms. The van der Waals surface area contributed by atoms with Crippen LogP contribution in [-0.2, 0) is 13.1 Å². The van der Waals surface area contributed by atoms with E-state index in [0.717, 1.165) is 17.8 Å². The minimum Gasteiger partial charge on any atom is -0.346 e. The number of hydrogen-bond donors (Lipinski definition) is 2. The summed E-state index contributed by atoms with van der Waals surface area (Å²) in [7, 11) is 0. The number of likely N-dealkylation sites (tertiary alicyclic amines) is 1. The normalized spacial score (nSPS) is 14.2. The number of carbonyl (C=O) groups is 1. The van der Waals surface area contributed by atoms with E-state index >= 15 is 0 Å². The first-order valence-corrected chi connectivity index (χ1v) is 10.7. The summed E-state index contributed by atoms with van der Waals surface area (Å²) in [6, 6.07) is 14.5. The number of benzene rings is 2. The number of rotatable bonds is 6. The van der Waals surface area contributed by atoms with E-state index in [1.807, 2.05) is 32.0 Å². The highest BCUT2D eigenvalue weighted by Gasteiger charge is 2.19. The predicted molar refractivity (Wildman–Crippen MR) is 117 cm³/mol. The number of hydrogen-bond acceptors (Lipinski definition) is 3. The molecule has 0 unspecified atom stereocenters. The average molecular weight is 405 g/mol. The molecule has 0 aliphatic carbocycles. The summed E-state index contributed by atoms with van der Waals surface area (Å²) in [5.41, 5.74) is 6.64. The second-order valence-corrected chi connectivity index (χ2v) is 8.30. The molecule has 1 aliphatic rings. The predicted octanol–water partition coefficient (Wildman–Crippen LogP) is 2.30. The number of carbonyl (C=O) groups excluding carboxylic acids is 1. The van der Waals surface area contributed by atoms with Gasteiger partial charge in [0.05, 0.1) is 24.5 Å². The lowest BCUT2D eigenvalue weighted by Crippen LogP contribution is -3.08. The average Bonchev–Trinajstić information content (AvgIpc) is 3.37. The third kappa shape index (κ3) is 4.44. The van der Waals surface area contributed by atoms with Crippen LogP contribution in [0.15, 0.2) is 42.5 Å². The summed E-state index contributed by atoms with van der Waals surface area (Å²) in [6.45, 7) is 9.90. The fourth-order valence-corrected chi connectivity index (χ4v) is 4.21. The van der Waals surface area contributed by atoms with Crippen molar-refractivity contribution >= 4 is 5.91 Å². The molecule has 4 rings (SSSR count). The number of nitrogens with zero attached hydrogens (tertiary/aromatic N) is 3. The van der Waals surface area contributed by atoms with E-state index in [1.165, 1.54) is 42.6 Å². The van der Waals surface area contributed by atoms with Crippen LogP contribution >= 0.6 is 0 Å². The van der Waals surface area contributed by atoms with Gasteiger partial charge in [-0.3, -0.25) is 4.79 Å². The largest absolute Gasteiger partial charge is 0.346 e. The maximum atomic E-state index is 12.8. The van der Waals surface area contributed by atoms with Crippen molar-refractivity contribution in [2.75, 3.05) is 13.1 Å². The first-order chi connectivity index (χ1) is 14.5. The molecular weight excluding hydrogens is 374 g/mol. The van der Waals surface area contributed by atoms with Gasteiger partial charge in [0.15, 0.2) is 5.69 Å². The van der Waals surface area contributed by atoms with Gasteiger partial charge in [0.1, 0.15) is 6.54 Å². The summed E-state index contributed by atoms with van der Waals surface area (Å²) in [6.07, 6.45) is 2.62. The van der Waals surface area contributed by atoms with Crippen LogP contribution in [0.4, 0.5) is 0 Å². The molecular formula is C24H30N5O+. The van der Waals surface area contributed by atoms with Crippen molar-refractivity contribution in [3.8, 4) is 5.69 Å². The Morgan fingerprint density at radius 3 is 2.50 bits per heavy atom. The molecule has 2 N–H and O–H groups in total. The molecule has 0 saturated carbocycles. The Labute approximate surface area is 177 Å². The lowest BCUT2D eigenvalue weighted by molar-refractivity contribution is -0.901. The van der Waals surface area contributed by atoms with Crippen molar-refractivity contribution in [3.63, 3.8) is 0 Å². The smallest absolute Gasteiger partial charge is 0.274 e. The molecule has 2 heterocycles. The lowest BCUT2D eigenvalue weighted by atomic mass is 10.1. The molecule has 30 heavy (non-hydrogen) atoms. The maximum Gasteiger partial charge on any atom is 0.274 e. The SMILES string of the molecule is Cc1ccc(-n2nc(C)c(C(=O)NCc3ccccc3C[NH+]3CCCC3)n2)c(C)c1. The van der Waals surface area contributed by atoms with Crippen LogP contribution in [0.2, 0.25) is 0 Å². The van der Waals surface area contributed by atoms with E-state index in [9.17, 15) is 4.79 Å². The summed E-state index contributed by atoms with van der Waals surface area (Å²) in [4.78, 5) is 16.0. The van der Waals surface area contributed by atoms with Crippen LogP contribution in [0.3, 0.4) is 0 Å². The Hall–Kier alpha value is -2.99. The third-order valence-electron chi connectivity index (χ3n) is 5.87. The standard InChI is InChI=1S/C24H29N5O/c1-17-10-11-22(18(2)14-17)29-26-19(3)23(27-29)24(30)25-15-20-8-4-5-9-21(20)16-28-12-6-7-13-28/h4-5,8-11,14H,6-7,12-13,15-16H2,1-3H3,(H,25,30)/p+1. The van der Waals surface area contributed by atoms with E-state index in [4.69, 9.17) is 0 Å². The second-order valence-electron chi connectivity index (χ2n) is 8.30. The highest BCUT2D eigenvalue weighted by molar-refractivity contribution is 5.93. The van der Waals surface area contributed by atoms with Crippen LogP contribution < -0.4 is 10.2 Å². The van der Waals surface area contributed by atoms with Crippen LogP contribution in [0.25, 0.3) is 5.69 Å². The zero-order valence-electron chi connectivity index (χ0n) is 18.0. The summed E-state index contributed by atoms with van der Waals surface area (Å²) >= 11 is 0. The zero-order valence-corrected chi connectivity index (χ0v) is 18.0. The van der Waals surface area contributed by atoms with Crippen LogP contribution in [-0.4, -0.2) is 34.0 Å². The monoisotopic (exact) mass is 404 g/mol. The molecule has 1 aliphatic heterocycles. The van der Waals surface area contributed by atoms with Gasteiger partial charge in [-0.25, -0.2) is 0 Å². The first-order valence-electron chi connectivity index (χ1n) is 10.7. The maximum absolute atomic E-state index is 12.8. The van der Waals surface area contributed by atoms with E-state index < -0.39 is 0 Å². The quantitative estimate of drug-likeness (QED) is 0.663. The first kappa shape index (κ1) is 20.3. The topological polar surface area (TPSA) is 64.2 Å². The number of amides is 1. The van der Waals surface area contributed by atoms with Crippen molar-refractivity contribution in [1.29, 1.82) is 0 Å². The van der Waals surface area contributed by atoms with Crippen molar-refractivity contribution < 1.29 is 9.69 Å². The van der Waals surface area contributed by atoms with Gasteiger partial charge in [-0.05, 0) is 38.0 Å². The fourth-order valence-electron chi connectivity index (χ4n) is 4.21. The third-order valence-corrected chi connectivity index (χ3v) is 5.87. The summed E-state index contributed by atoms with van der Waals surface area (Å²) < 4.78 is 0. The molecule has 0 radical (unpaired) electrons. The van der Waals surface area contributed by atoms with Crippen LogP contribution in [0.1, 0.15) is 51.3 Å². The summed E-state index contributed by atoms with van der Waals surface area (Å²) in [5, 5.41) is 12.0. The highest BCUT2D eigenvalue weighted by Crippen LogP contribution is 2.15. The van der Waals surface area contributed by atoms with Gasteiger partial charge < -0.3 is 10.2 Å². The van der Waals surface area contributed by atoms with Gasteiger partial charge in [-0.2, -0.15) is 9.90 Å². The van der Waals surface area contributed by atoms with Gasteiger partial charge >= 0.3 is 0 Å². The van der Waals surface area contributed by atoms with E-state index in [1.54, 1.807) is 9.70 Å². The number of aromatic nitrogens is 3. The number of aryl methyl sites for hydroxylation is 3. The van der Waals surface area contributed by atoms with Gasteiger partial charge in [0.25, 0.3) is 5.91 Å². The van der Waals surface area contributed by atoms with Crippen LogP contribution in [0, 0.1) is 20.8 Å². The van der Waals surface area contributed by atoms with Crippen molar-refractivity contribution in [1.82, 2.24) is 20.3 Å². The molecule has 2 aromatic carbocycles. The Balaban J connectivity index is 1.47. The Morgan fingerprint density at radius 1 is 1.03 bits per heavy atom. The van der Waals surface area contributed by atoms with Crippen LogP contribution in [0.5, 0.6) is 0 Å². The highest BCUT2D eigenvalue weighted by atomic mass is 16.2. The fraction of sp³-hybridized carbons (Fsp3) is 0.375. The van der Waals surface area contributed by atoms with Gasteiger partial charge in [0.2, 0.25) is 0 Å². The Bertz CT molecular complexity index is 1050. The van der Waals surface area contributed by atoms with Gasteiger partial charge in [0, 0.05) is 24.9 Å². The molecule has 0 atom stereocenters. The molecule has 1 aromatic heterocycles. The molecule has 0 spiro atoms. The van der Waals surface area contributed by atoms with E-state index in [2.05, 4.69) is 46.7 Å². The molecule has 156 valence electrons. The van der Waals surface area contributed by atoms with Gasteiger partial charge in [-0.1, -0.05) is 42.0 Å². The number of quaternary nitrogens is 1. The van der Waals surface area contributed by atoms with Crippen molar-refractivity contribution in [2.45, 2.75) is 46.7 Å². The molecule has 6 nitrogen and oxygen atoms in total. The zero-order chi connectivity index (χ0) is 21.1. The lowest BCUT2D eigenvalue weighted by Gasteiger charge is -2.15. The van der Waals surface area contributed by atoms with Crippen molar-refractivity contribution in [3.05, 3.63) is 76.1 Å². The molecule has 6 heteroatoms. The molecule has 3 aromatic rings. The molecule has 1 fully saturated rings. The second kappa shape index (κ2) is 8.79. The minimum absolute atomic E-state index is 0.188. The Kier molecular flexibility index (Phi) is 5.95.